The number of hydrogen-bond acceptors (Lipinski definition) is 2. The van der Waals surface area contributed by atoms with Crippen LogP contribution in [-0.4, -0.2) is 7.11 Å². The average Bonchev–Trinajstić information content (AvgIpc) is 2.43. The highest BCUT2D eigenvalue weighted by Gasteiger charge is 2.12. The van der Waals surface area contributed by atoms with E-state index in [0.29, 0.717) is 10.0 Å². The summed E-state index contributed by atoms with van der Waals surface area (Å²) in [6.45, 7) is 2.03. The highest BCUT2D eigenvalue weighted by molar-refractivity contribution is 9.10. The first-order valence-electron chi connectivity index (χ1n) is 6.06. The molecule has 0 amide bonds. The first-order valence-corrected chi connectivity index (χ1v) is 7.61. The van der Waals surface area contributed by atoms with Crippen LogP contribution in [-0.2, 0) is 0 Å². The van der Waals surface area contributed by atoms with Crippen molar-refractivity contribution in [3.63, 3.8) is 0 Å². The fraction of sp³-hybridized carbons (Fsp3) is 0.200. The number of ether oxygens (including phenoxy) is 1. The standard InChI is InChI=1S/C15H14BrCl2NO/c1-9(12-7-10(17)3-6-14(12)18)19-15-8-11(20-2)4-5-13(15)16/h3-9,19H,1-2H3. The van der Waals surface area contributed by atoms with E-state index >= 15 is 0 Å². The Balaban J connectivity index is 2.27. The van der Waals surface area contributed by atoms with E-state index in [-0.39, 0.29) is 6.04 Å². The molecule has 2 aromatic carbocycles. The predicted molar refractivity (Wildman–Crippen MR) is 89.2 cm³/mol. The molecule has 1 atom stereocenters. The Kier molecular flexibility index (Phi) is 5.19. The maximum atomic E-state index is 6.22. The summed E-state index contributed by atoms with van der Waals surface area (Å²) in [6.07, 6.45) is 0. The fourth-order valence-corrected chi connectivity index (χ4v) is 2.72. The van der Waals surface area contributed by atoms with Gasteiger partial charge in [0.1, 0.15) is 5.75 Å². The van der Waals surface area contributed by atoms with Gasteiger partial charge in [-0.25, -0.2) is 0 Å². The van der Waals surface area contributed by atoms with Crippen LogP contribution in [0.2, 0.25) is 10.0 Å². The molecule has 106 valence electrons. The van der Waals surface area contributed by atoms with Gasteiger partial charge in [-0.15, -0.1) is 0 Å². The van der Waals surface area contributed by atoms with Gasteiger partial charge in [0, 0.05) is 20.6 Å². The Morgan fingerprint density at radius 1 is 1.15 bits per heavy atom. The normalized spacial score (nSPS) is 12.1. The van der Waals surface area contributed by atoms with Gasteiger partial charge in [0.15, 0.2) is 0 Å². The van der Waals surface area contributed by atoms with Crippen molar-refractivity contribution in [2.24, 2.45) is 0 Å². The summed E-state index contributed by atoms with van der Waals surface area (Å²) in [4.78, 5) is 0. The van der Waals surface area contributed by atoms with Crippen LogP contribution in [0.25, 0.3) is 0 Å². The van der Waals surface area contributed by atoms with Crippen molar-refractivity contribution in [3.05, 3.63) is 56.5 Å². The lowest BCUT2D eigenvalue weighted by Crippen LogP contribution is -2.08. The van der Waals surface area contributed by atoms with Crippen LogP contribution >= 0.6 is 39.1 Å². The number of hydrogen-bond donors (Lipinski definition) is 1. The zero-order chi connectivity index (χ0) is 14.7. The molecule has 0 saturated heterocycles. The fourth-order valence-electron chi connectivity index (χ4n) is 1.90. The second-order valence-corrected chi connectivity index (χ2v) is 6.08. The Morgan fingerprint density at radius 3 is 2.60 bits per heavy atom. The topological polar surface area (TPSA) is 21.3 Å². The van der Waals surface area contributed by atoms with Crippen molar-refractivity contribution < 1.29 is 4.74 Å². The van der Waals surface area contributed by atoms with Crippen LogP contribution in [0.1, 0.15) is 18.5 Å². The smallest absolute Gasteiger partial charge is 0.121 e. The third kappa shape index (κ3) is 3.60. The van der Waals surface area contributed by atoms with E-state index in [1.165, 1.54) is 0 Å². The second kappa shape index (κ2) is 6.70. The quantitative estimate of drug-likeness (QED) is 0.715. The zero-order valence-electron chi connectivity index (χ0n) is 11.1. The van der Waals surface area contributed by atoms with Crippen molar-refractivity contribution in [1.29, 1.82) is 0 Å². The van der Waals surface area contributed by atoms with E-state index in [1.807, 2.05) is 31.2 Å². The minimum absolute atomic E-state index is 0.0182. The van der Waals surface area contributed by atoms with Gasteiger partial charge in [-0.3, -0.25) is 0 Å². The van der Waals surface area contributed by atoms with E-state index in [0.717, 1.165) is 21.5 Å². The minimum atomic E-state index is 0.0182. The number of nitrogens with one attached hydrogen (secondary N) is 1. The molecule has 2 nitrogen and oxygen atoms in total. The molecular weight excluding hydrogens is 361 g/mol. The van der Waals surface area contributed by atoms with E-state index in [1.54, 1.807) is 19.2 Å². The number of anilines is 1. The van der Waals surface area contributed by atoms with Crippen LogP contribution in [0.15, 0.2) is 40.9 Å². The maximum absolute atomic E-state index is 6.22. The van der Waals surface area contributed by atoms with Gasteiger partial charge in [0.25, 0.3) is 0 Å². The number of benzene rings is 2. The maximum Gasteiger partial charge on any atom is 0.121 e. The SMILES string of the molecule is COc1ccc(Br)c(NC(C)c2cc(Cl)ccc2Cl)c1. The Bertz CT molecular complexity index is 619. The lowest BCUT2D eigenvalue weighted by molar-refractivity contribution is 0.415. The monoisotopic (exact) mass is 373 g/mol. The molecule has 0 radical (unpaired) electrons. The van der Waals surface area contributed by atoms with Gasteiger partial charge < -0.3 is 10.1 Å². The van der Waals surface area contributed by atoms with Gasteiger partial charge in [-0.05, 0) is 58.7 Å². The van der Waals surface area contributed by atoms with Crippen LogP contribution in [0, 0.1) is 0 Å². The third-order valence-corrected chi connectivity index (χ3v) is 4.24. The first-order chi connectivity index (χ1) is 9.51. The molecule has 0 fully saturated rings. The average molecular weight is 375 g/mol. The summed E-state index contributed by atoms with van der Waals surface area (Å²) in [7, 11) is 1.64. The molecule has 1 unspecified atom stereocenters. The molecule has 0 aliphatic carbocycles. The summed E-state index contributed by atoms with van der Waals surface area (Å²) >= 11 is 15.8. The third-order valence-electron chi connectivity index (χ3n) is 2.97. The Morgan fingerprint density at radius 2 is 1.90 bits per heavy atom. The van der Waals surface area contributed by atoms with Gasteiger partial charge >= 0.3 is 0 Å². The molecule has 0 spiro atoms. The molecule has 0 bridgehead atoms. The predicted octanol–water partition coefficient (Wildman–Crippen LogP) is 5.94. The van der Waals surface area contributed by atoms with Crippen LogP contribution in [0.3, 0.4) is 0 Å². The first kappa shape index (κ1) is 15.5. The van der Waals surface area contributed by atoms with Crippen molar-refractivity contribution in [2.75, 3.05) is 12.4 Å². The molecule has 0 aromatic heterocycles. The molecule has 0 aliphatic rings. The summed E-state index contributed by atoms with van der Waals surface area (Å²) in [5.74, 6) is 0.792. The van der Waals surface area contributed by atoms with Crippen molar-refractivity contribution in [3.8, 4) is 5.75 Å². The molecule has 0 aliphatic heterocycles. The van der Waals surface area contributed by atoms with Gasteiger partial charge in [-0.1, -0.05) is 23.2 Å². The van der Waals surface area contributed by atoms with Crippen molar-refractivity contribution in [1.82, 2.24) is 0 Å². The molecular formula is C15H14BrCl2NO. The van der Waals surface area contributed by atoms with Crippen LogP contribution in [0.4, 0.5) is 5.69 Å². The Labute approximate surface area is 137 Å². The lowest BCUT2D eigenvalue weighted by Gasteiger charge is -2.19. The van der Waals surface area contributed by atoms with Gasteiger partial charge in [-0.2, -0.15) is 0 Å². The van der Waals surface area contributed by atoms with E-state index < -0.39 is 0 Å². The van der Waals surface area contributed by atoms with Gasteiger partial charge in [0.05, 0.1) is 18.8 Å². The van der Waals surface area contributed by atoms with Gasteiger partial charge in [0.2, 0.25) is 0 Å². The molecule has 2 aromatic rings. The largest absolute Gasteiger partial charge is 0.497 e. The summed E-state index contributed by atoms with van der Waals surface area (Å²) < 4.78 is 6.19. The Hall–Kier alpha value is -0.900. The highest BCUT2D eigenvalue weighted by Crippen LogP contribution is 2.33. The van der Waals surface area contributed by atoms with E-state index in [2.05, 4.69) is 21.2 Å². The summed E-state index contributed by atoms with van der Waals surface area (Å²) in [6, 6.07) is 11.2. The number of methoxy groups -OCH3 is 1. The number of rotatable bonds is 4. The molecule has 20 heavy (non-hydrogen) atoms. The number of halogens is 3. The summed E-state index contributed by atoms with van der Waals surface area (Å²) in [5, 5.41) is 4.76. The van der Waals surface area contributed by atoms with Crippen molar-refractivity contribution in [2.45, 2.75) is 13.0 Å². The molecule has 0 saturated carbocycles. The van der Waals surface area contributed by atoms with E-state index in [9.17, 15) is 0 Å². The highest BCUT2D eigenvalue weighted by atomic mass is 79.9. The summed E-state index contributed by atoms with van der Waals surface area (Å²) in [5.41, 5.74) is 1.89. The van der Waals surface area contributed by atoms with Crippen LogP contribution in [0.5, 0.6) is 5.75 Å². The molecule has 5 heteroatoms. The molecule has 1 N–H and O–H groups in total. The van der Waals surface area contributed by atoms with Crippen molar-refractivity contribution >= 4 is 44.8 Å². The molecule has 0 heterocycles. The van der Waals surface area contributed by atoms with Crippen LogP contribution < -0.4 is 10.1 Å². The second-order valence-electron chi connectivity index (χ2n) is 4.38. The van der Waals surface area contributed by atoms with E-state index in [4.69, 9.17) is 27.9 Å². The minimum Gasteiger partial charge on any atom is -0.497 e. The molecule has 2 rings (SSSR count). The zero-order valence-corrected chi connectivity index (χ0v) is 14.2. The lowest BCUT2D eigenvalue weighted by atomic mass is 10.1.